The second kappa shape index (κ2) is 5.58. The van der Waals surface area contributed by atoms with Crippen molar-refractivity contribution >= 4 is 33.0 Å². The lowest BCUT2D eigenvalue weighted by molar-refractivity contribution is 0.101. The van der Waals surface area contributed by atoms with Crippen molar-refractivity contribution < 1.29 is 15.0 Å². The number of aromatic hydroxyl groups is 2. The topological polar surface area (TPSA) is 75.3 Å². The van der Waals surface area contributed by atoms with Gasteiger partial charge in [0, 0.05) is 16.0 Å². The van der Waals surface area contributed by atoms with Crippen LogP contribution in [0.4, 0.5) is 0 Å². The first-order valence-electron chi connectivity index (χ1n) is 6.34. The fourth-order valence-corrected chi connectivity index (χ4v) is 3.19. The minimum atomic E-state index is -0.430. The van der Waals surface area contributed by atoms with Crippen LogP contribution in [0.2, 0.25) is 0 Å². The molecule has 7 heteroatoms. The quantitative estimate of drug-likeness (QED) is 0.675. The number of aromatic nitrogens is 2. The maximum atomic E-state index is 12.0. The number of ketones is 1. The molecular formula is C15H11BrN2O3S. The van der Waals surface area contributed by atoms with Gasteiger partial charge in [-0.1, -0.05) is 28.1 Å². The Morgan fingerprint density at radius 1 is 1.27 bits per heavy atom. The largest absolute Gasteiger partial charge is 0.503 e. The van der Waals surface area contributed by atoms with Gasteiger partial charge in [0.25, 0.3) is 0 Å². The lowest BCUT2D eigenvalue weighted by atomic mass is 10.1. The molecule has 0 atom stereocenters. The van der Waals surface area contributed by atoms with Crippen LogP contribution in [-0.4, -0.2) is 25.5 Å². The van der Waals surface area contributed by atoms with Gasteiger partial charge in [0.1, 0.15) is 0 Å². The van der Waals surface area contributed by atoms with Crippen LogP contribution in [0.15, 0.2) is 40.3 Å². The third-order valence-electron chi connectivity index (χ3n) is 3.20. The van der Waals surface area contributed by atoms with Gasteiger partial charge in [0.15, 0.2) is 16.7 Å². The van der Waals surface area contributed by atoms with Crippen LogP contribution in [0, 0.1) is 0 Å². The number of nitrogens with zero attached hydrogens (tertiary/aromatic N) is 2. The highest BCUT2D eigenvalue weighted by Crippen LogP contribution is 2.43. The number of hydrogen-bond acceptors (Lipinski definition) is 5. The summed E-state index contributed by atoms with van der Waals surface area (Å²) in [6.45, 7) is 1.35. The van der Waals surface area contributed by atoms with E-state index in [2.05, 4.69) is 20.9 Å². The molecule has 0 radical (unpaired) electrons. The molecule has 2 aromatic heterocycles. The molecule has 0 saturated carbocycles. The van der Waals surface area contributed by atoms with E-state index in [9.17, 15) is 15.0 Å². The summed E-state index contributed by atoms with van der Waals surface area (Å²) in [5.41, 5.74) is 1.19. The highest BCUT2D eigenvalue weighted by Gasteiger charge is 2.27. The van der Waals surface area contributed by atoms with E-state index < -0.39 is 11.6 Å². The highest BCUT2D eigenvalue weighted by atomic mass is 79.9. The number of thiazole rings is 1. The number of carbonyl (C=O) groups excluding carboxylic acids is 1. The van der Waals surface area contributed by atoms with E-state index >= 15 is 0 Å². The van der Waals surface area contributed by atoms with E-state index in [1.165, 1.54) is 22.8 Å². The second-order valence-corrected chi connectivity index (χ2v) is 6.40. The molecule has 0 bridgehead atoms. The van der Waals surface area contributed by atoms with Crippen molar-refractivity contribution in [2.75, 3.05) is 0 Å². The van der Waals surface area contributed by atoms with E-state index in [-0.39, 0.29) is 11.3 Å². The average Bonchev–Trinajstić information content (AvgIpc) is 3.08. The lowest BCUT2D eigenvalue weighted by Gasteiger charge is -2.08. The molecule has 0 unspecified atom stereocenters. The molecule has 0 aliphatic heterocycles. The summed E-state index contributed by atoms with van der Waals surface area (Å²) in [7, 11) is 0. The van der Waals surface area contributed by atoms with Crippen LogP contribution in [0.5, 0.6) is 11.6 Å². The minimum absolute atomic E-state index is 0.0787. The average molecular weight is 379 g/mol. The highest BCUT2D eigenvalue weighted by molar-refractivity contribution is 9.10. The van der Waals surface area contributed by atoms with E-state index in [0.717, 1.165) is 4.47 Å². The number of rotatable bonds is 3. The van der Waals surface area contributed by atoms with E-state index in [0.29, 0.717) is 16.4 Å². The third-order valence-corrected chi connectivity index (χ3v) is 4.49. The molecule has 3 rings (SSSR count). The Morgan fingerprint density at radius 2 is 1.95 bits per heavy atom. The van der Waals surface area contributed by atoms with Crippen LogP contribution in [0.25, 0.3) is 16.4 Å². The van der Waals surface area contributed by atoms with Crippen molar-refractivity contribution in [1.29, 1.82) is 0 Å². The van der Waals surface area contributed by atoms with Crippen LogP contribution >= 0.6 is 27.3 Å². The summed E-state index contributed by atoms with van der Waals surface area (Å²) in [5, 5.41) is 22.6. The van der Waals surface area contributed by atoms with Crippen molar-refractivity contribution in [2.24, 2.45) is 0 Å². The van der Waals surface area contributed by atoms with E-state index in [1.54, 1.807) is 23.7 Å². The smallest absolute Gasteiger partial charge is 0.242 e. The Hall–Kier alpha value is -2.12. The summed E-state index contributed by atoms with van der Waals surface area (Å²) in [6.07, 6.45) is 1.59. The molecule has 22 heavy (non-hydrogen) atoms. The molecule has 1 aromatic carbocycles. The van der Waals surface area contributed by atoms with E-state index in [4.69, 9.17) is 0 Å². The predicted octanol–water partition coefficient (Wildman–Crippen LogP) is 3.98. The minimum Gasteiger partial charge on any atom is -0.503 e. The Kier molecular flexibility index (Phi) is 3.76. The summed E-state index contributed by atoms with van der Waals surface area (Å²) < 4.78 is 2.28. The van der Waals surface area contributed by atoms with Gasteiger partial charge in [-0.25, -0.2) is 4.98 Å². The number of carbonyl (C=O) groups is 1. The molecule has 3 aromatic rings. The Morgan fingerprint density at radius 3 is 2.50 bits per heavy atom. The number of hydrogen-bond donors (Lipinski definition) is 2. The fourth-order valence-electron chi connectivity index (χ4n) is 2.27. The van der Waals surface area contributed by atoms with Gasteiger partial charge in [-0.05, 0) is 24.6 Å². The summed E-state index contributed by atoms with van der Waals surface area (Å²) >= 11 is 4.66. The standard InChI is InChI=1S/C15H11BrN2O3S/c1-8(19)11-12(9-2-4-10(16)5-3-9)18(14(21)13(11)20)15-17-6-7-22-15/h2-7,20-21H,1H3. The first kappa shape index (κ1) is 14.8. The predicted molar refractivity (Wildman–Crippen MR) is 87.9 cm³/mol. The van der Waals surface area contributed by atoms with Gasteiger partial charge in [0.05, 0.1) is 11.3 Å². The van der Waals surface area contributed by atoms with Gasteiger partial charge in [-0.3, -0.25) is 9.36 Å². The molecule has 0 aliphatic carbocycles. The summed E-state index contributed by atoms with van der Waals surface area (Å²) in [6, 6.07) is 7.25. The van der Waals surface area contributed by atoms with Crippen molar-refractivity contribution in [3.63, 3.8) is 0 Å². The zero-order valence-electron chi connectivity index (χ0n) is 11.4. The molecule has 0 aliphatic rings. The van der Waals surface area contributed by atoms with Crippen molar-refractivity contribution in [3.8, 4) is 28.0 Å². The van der Waals surface area contributed by atoms with Gasteiger partial charge in [-0.2, -0.15) is 0 Å². The Bertz CT molecular complexity index is 839. The van der Waals surface area contributed by atoms with Crippen molar-refractivity contribution in [2.45, 2.75) is 6.92 Å². The van der Waals surface area contributed by atoms with Crippen LogP contribution in [0.3, 0.4) is 0 Å². The molecule has 0 saturated heterocycles. The maximum Gasteiger partial charge on any atom is 0.242 e. The van der Waals surface area contributed by atoms with Gasteiger partial charge < -0.3 is 10.2 Å². The maximum absolute atomic E-state index is 12.0. The molecule has 0 spiro atoms. The number of Topliss-reactive ketones (excluding diaryl/α,β-unsaturated/α-hetero) is 1. The fraction of sp³-hybridized carbons (Fsp3) is 0.0667. The molecule has 2 heterocycles. The SMILES string of the molecule is CC(=O)c1c(O)c(O)n(-c2nccs2)c1-c1ccc(Br)cc1. The van der Waals surface area contributed by atoms with Gasteiger partial charge >= 0.3 is 0 Å². The van der Waals surface area contributed by atoms with Crippen LogP contribution in [-0.2, 0) is 0 Å². The first-order chi connectivity index (χ1) is 10.5. The normalized spacial score (nSPS) is 10.8. The molecule has 2 N–H and O–H groups in total. The monoisotopic (exact) mass is 378 g/mol. The lowest BCUT2D eigenvalue weighted by Crippen LogP contribution is -2.00. The molecule has 0 amide bonds. The van der Waals surface area contributed by atoms with Crippen LogP contribution < -0.4 is 0 Å². The van der Waals surface area contributed by atoms with Crippen molar-refractivity contribution in [1.82, 2.24) is 9.55 Å². The Labute approximate surface area is 138 Å². The molecule has 112 valence electrons. The molecule has 0 fully saturated rings. The Balaban J connectivity index is 2.37. The molecular weight excluding hydrogens is 368 g/mol. The zero-order chi connectivity index (χ0) is 15.9. The van der Waals surface area contributed by atoms with Gasteiger partial charge in [-0.15, -0.1) is 11.3 Å². The summed E-state index contributed by atoms with van der Waals surface area (Å²) in [4.78, 5) is 16.1. The molecule has 5 nitrogen and oxygen atoms in total. The zero-order valence-corrected chi connectivity index (χ0v) is 13.8. The third kappa shape index (κ3) is 2.32. The number of halogens is 1. The van der Waals surface area contributed by atoms with E-state index in [1.807, 2.05) is 12.1 Å². The summed E-state index contributed by atoms with van der Waals surface area (Å²) in [5.74, 6) is -1.15. The first-order valence-corrected chi connectivity index (χ1v) is 8.01. The van der Waals surface area contributed by atoms with Crippen molar-refractivity contribution in [3.05, 3.63) is 45.9 Å². The number of benzene rings is 1. The van der Waals surface area contributed by atoms with Gasteiger partial charge in [0.2, 0.25) is 5.88 Å². The van der Waals surface area contributed by atoms with Crippen LogP contribution in [0.1, 0.15) is 17.3 Å². The second-order valence-electron chi connectivity index (χ2n) is 4.61.